The highest BCUT2D eigenvalue weighted by Crippen LogP contribution is 2.23. The van der Waals surface area contributed by atoms with Crippen molar-refractivity contribution in [3.8, 4) is 0 Å². The Morgan fingerprint density at radius 1 is 1.13 bits per heavy atom. The van der Waals surface area contributed by atoms with E-state index in [2.05, 4.69) is 25.6 Å². The van der Waals surface area contributed by atoms with E-state index in [9.17, 15) is 9.50 Å². The van der Waals surface area contributed by atoms with Crippen molar-refractivity contribution in [2.24, 2.45) is 0 Å². The second kappa shape index (κ2) is 8.97. The van der Waals surface area contributed by atoms with Gasteiger partial charge in [0.1, 0.15) is 5.82 Å². The van der Waals surface area contributed by atoms with Gasteiger partial charge in [0.15, 0.2) is 17.0 Å². The first-order valence-corrected chi connectivity index (χ1v) is 9.96. The number of halogens is 1. The SMILES string of the molecule is CC(O)CNc1nc(NCc2cc(F)ccc2N)c2ncn(Cc3ccccc3)c2n1. The maximum atomic E-state index is 13.6. The van der Waals surface area contributed by atoms with Crippen LogP contribution in [0.15, 0.2) is 54.9 Å². The van der Waals surface area contributed by atoms with Crippen molar-refractivity contribution in [1.29, 1.82) is 0 Å². The summed E-state index contributed by atoms with van der Waals surface area (Å²) in [5.74, 6) is 0.497. The van der Waals surface area contributed by atoms with Crippen LogP contribution in [0, 0.1) is 5.82 Å². The second-order valence-electron chi connectivity index (χ2n) is 7.35. The van der Waals surface area contributed by atoms with Crippen LogP contribution in [-0.4, -0.2) is 37.3 Å². The van der Waals surface area contributed by atoms with E-state index in [4.69, 9.17) is 5.73 Å². The van der Waals surface area contributed by atoms with E-state index in [-0.39, 0.29) is 12.4 Å². The lowest BCUT2D eigenvalue weighted by atomic mass is 10.2. The van der Waals surface area contributed by atoms with Gasteiger partial charge in [-0.25, -0.2) is 9.37 Å². The van der Waals surface area contributed by atoms with E-state index < -0.39 is 6.10 Å². The van der Waals surface area contributed by atoms with E-state index in [0.29, 0.717) is 47.3 Å². The summed E-state index contributed by atoms with van der Waals surface area (Å²) in [5.41, 5.74) is 9.42. The predicted octanol–water partition coefficient (Wildman–Crippen LogP) is 3.00. The molecule has 0 aliphatic heterocycles. The molecule has 0 spiro atoms. The number of anilines is 3. The van der Waals surface area contributed by atoms with Gasteiger partial charge in [-0.1, -0.05) is 30.3 Å². The van der Waals surface area contributed by atoms with Crippen molar-refractivity contribution < 1.29 is 9.50 Å². The molecule has 31 heavy (non-hydrogen) atoms. The molecular formula is C22H24FN7O. The molecule has 8 nitrogen and oxygen atoms in total. The molecule has 4 rings (SSSR count). The number of fused-ring (bicyclic) bond motifs is 1. The van der Waals surface area contributed by atoms with Crippen molar-refractivity contribution in [2.45, 2.75) is 26.1 Å². The molecule has 1 atom stereocenters. The van der Waals surface area contributed by atoms with Crippen molar-refractivity contribution in [2.75, 3.05) is 22.9 Å². The Bertz CT molecular complexity index is 1180. The molecule has 160 valence electrons. The van der Waals surface area contributed by atoms with Crippen LogP contribution in [0.4, 0.5) is 21.8 Å². The number of nitrogen functional groups attached to an aromatic ring is 1. The number of nitrogens with one attached hydrogen (secondary N) is 2. The number of imidazole rings is 1. The second-order valence-corrected chi connectivity index (χ2v) is 7.35. The number of aromatic nitrogens is 4. The molecule has 0 fully saturated rings. The molecule has 1 unspecified atom stereocenters. The Morgan fingerprint density at radius 3 is 2.71 bits per heavy atom. The standard InChI is InChI=1S/C22H24FN7O/c1-14(31)10-26-22-28-20(25-11-16-9-17(23)7-8-18(16)24)19-21(29-22)30(13-27-19)12-15-5-3-2-4-6-15/h2-9,13-14,31H,10-12,24H2,1H3,(H2,25,26,28,29). The monoisotopic (exact) mass is 421 g/mol. The van der Waals surface area contributed by atoms with Gasteiger partial charge in [0.2, 0.25) is 5.95 Å². The molecule has 2 aromatic carbocycles. The number of nitrogens with two attached hydrogens (primary N) is 1. The fourth-order valence-corrected chi connectivity index (χ4v) is 3.19. The topological polar surface area (TPSA) is 114 Å². The third kappa shape index (κ3) is 4.89. The first kappa shape index (κ1) is 20.5. The summed E-state index contributed by atoms with van der Waals surface area (Å²) in [6, 6.07) is 14.2. The highest BCUT2D eigenvalue weighted by molar-refractivity contribution is 5.84. The van der Waals surface area contributed by atoms with Crippen molar-refractivity contribution in [3.05, 3.63) is 71.8 Å². The zero-order chi connectivity index (χ0) is 21.8. The number of hydrogen-bond acceptors (Lipinski definition) is 7. The molecular weight excluding hydrogens is 397 g/mol. The van der Waals surface area contributed by atoms with Crippen LogP contribution in [0.25, 0.3) is 11.2 Å². The number of benzene rings is 2. The normalized spacial score (nSPS) is 12.1. The van der Waals surface area contributed by atoms with E-state index in [1.165, 1.54) is 18.2 Å². The highest BCUT2D eigenvalue weighted by atomic mass is 19.1. The van der Waals surface area contributed by atoms with Gasteiger partial charge >= 0.3 is 0 Å². The van der Waals surface area contributed by atoms with Crippen molar-refractivity contribution in [1.82, 2.24) is 19.5 Å². The molecule has 0 saturated heterocycles. The summed E-state index contributed by atoms with van der Waals surface area (Å²) in [7, 11) is 0. The third-order valence-corrected chi connectivity index (χ3v) is 4.77. The minimum Gasteiger partial charge on any atom is -0.398 e. The summed E-state index contributed by atoms with van der Waals surface area (Å²) >= 11 is 0. The van der Waals surface area contributed by atoms with E-state index >= 15 is 0 Å². The number of hydrogen-bond donors (Lipinski definition) is 4. The smallest absolute Gasteiger partial charge is 0.226 e. The van der Waals surface area contributed by atoms with Gasteiger partial charge in [0.25, 0.3) is 0 Å². The van der Waals surface area contributed by atoms with Gasteiger partial charge in [0.05, 0.1) is 19.0 Å². The molecule has 0 aliphatic carbocycles. The number of rotatable bonds is 8. The highest BCUT2D eigenvalue weighted by Gasteiger charge is 2.15. The van der Waals surface area contributed by atoms with Gasteiger partial charge in [-0.15, -0.1) is 0 Å². The molecule has 0 amide bonds. The summed E-state index contributed by atoms with van der Waals surface area (Å²) in [6.45, 7) is 2.85. The minimum absolute atomic E-state index is 0.275. The van der Waals surface area contributed by atoms with Crippen LogP contribution in [0.1, 0.15) is 18.1 Å². The average Bonchev–Trinajstić information content (AvgIpc) is 3.16. The molecule has 2 aromatic heterocycles. The van der Waals surface area contributed by atoms with Gasteiger partial charge in [-0.3, -0.25) is 0 Å². The van der Waals surface area contributed by atoms with Crippen LogP contribution in [0.2, 0.25) is 0 Å². The lowest BCUT2D eigenvalue weighted by Crippen LogP contribution is -2.18. The average molecular weight is 421 g/mol. The first-order valence-electron chi connectivity index (χ1n) is 9.96. The van der Waals surface area contributed by atoms with Gasteiger partial charge < -0.3 is 26.0 Å². The Balaban J connectivity index is 1.67. The van der Waals surface area contributed by atoms with Crippen LogP contribution >= 0.6 is 0 Å². The van der Waals surface area contributed by atoms with E-state index in [0.717, 1.165) is 5.56 Å². The van der Waals surface area contributed by atoms with Crippen LogP contribution in [0.3, 0.4) is 0 Å². The Hall–Kier alpha value is -3.72. The molecule has 4 aromatic rings. The Labute approximate surface area is 179 Å². The number of aliphatic hydroxyl groups is 1. The quantitative estimate of drug-likeness (QED) is 0.323. The third-order valence-electron chi connectivity index (χ3n) is 4.77. The zero-order valence-electron chi connectivity index (χ0n) is 17.1. The fraction of sp³-hybridized carbons (Fsp3) is 0.227. The van der Waals surface area contributed by atoms with Gasteiger partial charge in [-0.2, -0.15) is 9.97 Å². The minimum atomic E-state index is -0.558. The van der Waals surface area contributed by atoms with E-state index in [1.807, 2.05) is 34.9 Å². The Kier molecular flexibility index (Phi) is 5.94. The van der Waals surface area contributed by atoms with Gasteiger partial charge in [-0.05, 0) is 36.2 Å². The van der Waals surface area contributed by atoms with Crippen molar-refractivity contribution in [3.63, 3.8) is 0 Å². The van der Waals surface area contributed by atoms with E-state index in [1.54, 1.807) is 13.3 Å². The predicted molar refractivity (Wildman–Crippen MR) is 119 cm³/mol. The summed E-state index contributed by atoms with van der Waals surface area (Å²) in [5, 5.41) is 15.9. The molecule has 0 saturated carbocycles. The lowest BCUT2D eigenvalue weighted by Gasteiger charge is -2.12. The summed E-state index contributed by atoms with van der Waals surface area (Å²) in [4.78, 5) is 13.6. The molecule has 0 radical (unpaired) electrons. The summed E-state index contributed by atoms with van der Waals surface area (Å²) < 4.78 is 15.6. The lowest BCUT2D eigenvalue weighted by molar-refractivity contribution is 0.208. The Morgan fingerprint density at radius 2 is 1.94 bits per heavy atom. The van der Waals surface area contributed by atoms with Crippen LogP contribution in [-0.2, 0) is 13.1 Å². The number of nitrogens with zero attached hydrogens (tertiary/aromatic N) is 4. The molecule has 2 heterocycles. The van der Waals surface area contributed by atoms with Gasteiger partial charge in [0, 0.05) is 18.8 Å². The van der Waals surface area contributed by atoms with Crippen LogP contribution in [0.5, 0.6) is 0 Å². The first-order chi connectivity index (χ1) is 15.0. The van der Waals surface area contributed by atoms with Crippen LogP contribution < -0.4 is 16.4 Å². The summed E-state index contributed by atoms with van der Waals surface area (Å²) in [6.07, 6.45) is 1.16. The zero-order valence-corrected chi connectivity index (χ0v) is 17.1. The maximum absolute atomic E-state index is 13.6. The molecule has 0 aliphatic rings. The molecule has 5 N–H and O–H groups in total. The number of aliphatic hydroxyl groups excluding tert-OH is 1. The van der Waals surface area contributed by atoms with Crippen molar-refractivity contribution >= 4 is 28.6 Å². The maximum Gasteiger partial charge on any atom is 0.226 e. The largest absolute Gasteiger partial charge is 0.398 e. The molecule has 0 bridgehead atoms. The fourth-order valence-electron chi connectivity index (χ4n) is 3.19. The molecule has 9 heteroatoms.